The van der Waals surface area contributed by atoms with Crippen molar-refractivity contribution in [3.63, 3.8) is 0 Å². The number of rotatable bonds is 6. The Labute approximate surface area is 101 Å². The third-order valence-corrected chi connectivity index (χ3v) is 2.70. The van der Waals surface area contributed by atoms with Crippen LogP contribution in [0, 0.1) is 0 Å². The van der Waals surface area contributed by atoms with E-state index >= 15 is 0 Å². The number of aromatic nitrogens is 3. The number of nitrogens with zero attached hydrogens (tertiary/aromatic N) is 3. The molecule has 0 spiro atoms. The predicted octanol–water partition coefficient (Wildman–Crippen LogP) is 0.354. The first kappa shape index (κ1) is 12.5. The number of hydrogen-bond donors (Lipinski definition) is 1. The van der Waals surface area contributed by atoms with Crippen LogP contribution >= 0.6 is 0 Å². The van der Waals surface area contributed by atoms with Crippen molar-refractivity contribution in [2.45, 2.75) is 45.1 Å². The number of aryl methyl sites for hydroxylation is 1. The van der Waals surface area contributed by atoms with Crippen LogP contribution in [-0.2, 0) is 22.4 Å². The van der Waals surface area contributed by atoms with Gasteiger partial charge in [-0.15, -0.1) is 0 Å². The van der Waals surface area contributed by atoms with Gasteiger partial charge in [-0.05, 0) is 6.42 Å². The Morgan fingerprint density at radius 3 is 3.00 bits per heavy atom. The maximum absolute atomic E-state index is 9.93. The zero-order chi connectivity index (χ0) is 12.1. The Morgan fingerprint density at radius 1 is 1.53 bits per heavy atom. The van der Waals surface area contributed by atoms with Crippen molar-refractivity contribution in [2.75, 3.05) is 13.2 Å². The molecule has 1 fully saturated rings. The van der Waals surface area contributed by atoms with Crippen molar-refractivity contribution in [1.82, 2.24) is 14.8 Å². The van der Waals surface area contributed by atoms with Gasteiger partial charge in [-0.1, -0.05) is 6.92 Å². The summed E-state index contributed by atoms with van der Waals surface area (Å²) < 4.78 is 12.4. The molecule has 1 unspecified atom stereocenters. The summed E-state index contributed by atoms with van der Waals surface area (Å²) in [7, 11) is 0. The van der Waals surface area contributed by atoms with Gasteiger partial charge in [-0.3, -0.25) is 4.68 Å². The van der Waals surface area contributed by atoms with Crippen LogP contribution in [0.3, 0.4) is 0 Å². The third-order valence-electron chi connectivity index (χ3n) is 2.70. The molecule has 1 aliphatic rings. The summed E-state index contributed by atoms with van der Waals surface area (Å²) in [5.74, 6) is 0.817. The molecule has 6 heteroatoms. The van der Waals surface area contributed by atoms with E-state index in [1.807, 2.05) is 4.68 Å². The van der Waals surface area contributed by atoms with Crippen LogP contribution in [0.5, 0.6) is 0 Å². The van der Waals surface area contributed by atoms with Gasteiger partial charge >= 0.3 is 0 Å². The first-order chi connectivity index (χ1) is 8.29. The fourth-order valence-electron chi connectivity index (χ4n) is 1.90. The van der Waals surface area contributed by atoms with Crippen molar-refractivity contribution in [2.24, 2.45) is 0 Å². The Kier molecular flexibility index (Phi) is 4.47. The second-order valence-electron chi connectivity index (χ2n) is 4.16. The van der Waals surface area contributed by atoms with E-state index in [9.17, 15) is 5.11 Å². The maximum Gasteiger partial charge on any atom is 0.160 e. The molecule has 1 N–H and O–H groups in total. The molecule has 1 aromatic rings. The van der Waals surface area contributed by atoms with Crippen molar-refractivity contribution >= 4 is 0 Å². The Morgan fingerprint density at radius 2 is 2.29 bits per heavy atom. The molecule has 2 rings (SSSR count). The van der Waals surface area contributed by atoms with Gasteiger partial charge in [0, 0.05) is 19.4 Å². The number of hydrogen-bond acceptors (Lipinski definition) is 5. The largest absolute Gasteiger partial charge is 0.392 e. The van der Waals surface area contributed by atoms with E-state index in [1.165, 1.54) is 6.33 Å². The summed E-state index contributed by atoms with van der Waals surface area (Å²) in [5, 5.41) is 14.1. The topological polar surface area (TPSA) is 69.4 Å². The summed E-state index contributed by atoms with van der Waals surface area (Å²) in [6.07, 6.45) is 2.73. The van der Waals surface area contributed by atoms with Crippen LogP contribution in [0.15, 0.2) is 6.33 Å². The van der Waals surface area contributed by atoms with Crippen molar-refractivity contribution in [1.29, 1.82) is 0 Å². The highest BCUT2D eigenvalue weighted by Crippen LogP contribution is 2.13. The highest BCUT2D eigenvalue weighted by molar-refractivity contribution is 4.87. The monoisotopic (exact) mass is 241 g/mol. The van der Waals surface area contributed by atoms with Gasteiger partial charge in [0.15, 0.2) is 6.29 Å². The minimum absolute atomic E-state index is 0.271. The van der Waals surface area contributed by atoms with Gasteiger partial charge in [0.25, 0.3) is 0 Å². The molecule has 0 aliphatic carbocycles. The third kappa shape index (κ3) is 3.49. The van der Waals surface area contributed by atoms with E-state index in [2.05, 4.69) is 17.0 Å². The van der Waals surface area contributed by atoms with Crippen molar-refractivity contribution in [3.8, 4) is 0 Å². The first-order valence-electron chi connectivity index (χ1n) is 6.07. The fourth-order valence-corrected chi connectivity index (χ4v) is 1.90. The Hall–Kier alpha value is -0.980. The molecular weight excluding hydrogens is 222 g/mol. The van der Waals surface area contributed by atoms with Gasteiger partial charge in [0.05, 0.1) is 19.3 Å². The van der Waals surface area contributed by atoms with Crippen molar-refractivity contribution < 1.29 is 14.6 Å². The summed E-state index contributed by atoms with van der Waals surface area (Å²) in [6.45, 7) is 4.15. The lowest BCUT2D eigenvalue weighted by Crippen LogP contribution is -2.22. The number of aliphatic hydroxyl groups is 1. The van der Waals surface area contributed by atoms with E-state index in [0.29, 0.717) is 26.1 Å². The average molecular weight is 241 g/mol. The maximum atomic E-state index is 9.93. The van der Waals surface area contributed by atoms with E-state index < -0.39 is 6.10 Å². The van der Waals surface area contributed by atoms with Crippen LogP contribution in [0.1, 0.15) is 25.6 Å². The highest BCUT2D eigenvalue weighted by atomic mass is 16.7. The number of aliphatic hydroxyl groups excluding tert-OH is 1. The van der Waals surface area contributed by atoms with Crippen LogP contribution in [0.2, 0.25) is 0 Å². The van der Waals surface area contributed by atoms with E-state index in [0.717, 1.165) is 18.8 Å². The second-order valence-corrected chi connectivity index (χ2v) is 4.16. The lowest BCUT2D eigenvalue weighted by molar-refractivity contribution is -0.0701. The standard InChI is InChI=1S/C11H19N3O3/c1-2-3-14-10(12-8-13-14)6-9(15)7-11-16-4-5-17-11/h8-9,11,15H,2-7H2,1H3. The summed E-state index contributed by atoms with van der Waals surface area (Å²) in [6, 6.07) is 0. The quantitative estimate of drug-likeness (QED) is 0.778. The average Bonchev–Trinajstić information content (AvgIpc) is 2.92. The molecule has 6 nitrogen and oxygen atoms in total. The molecule has 1 aromatic heterocycles. The molecule has 96 valence electrons. The van der Waals surface area contributed by atoms with Crippen LogP contribution in [0.4, 0.5) is 0 Å². The predicted molar refractivity (Wildman–Crippen MR) is 60.3 cm³/mol. The molecule has 0 bridgehead atoms. The lowest BCUT2D eigenvalue weighted by atomic mass is 10.1. The fraction of sp³-hybridized carbons (Fsp3) is 0.818. The molecule has 0 radical (unpaired) electrons. The highest BCUT2D eigenvalue weighted by Gasteiger charge is 2.21. The zero-order valence-corrected chi connectivity index (χ0v) is 10.1. The second kappa shape index (κ2) is 6.09. The van der Waals surface area contributed by atoms with Crippen LogP contribution in [0.25, 0.3) is 0 Å². The summed E-state index contributed by atoms with van der Waals surface area (Å²) >= 11 is 0. The van der Waals surface area contributed by atoms with Gasteiger partial charge < -0.3 is 14.6 Å². The summed E-state index contributed by atoms with van der Waals surface area (Å²) in [4.78, 5) is 4.16. The van der Waals surface area contributed by atoms with E-state index in [-0.39, 0.29) is 6.29 Å². The van der Waals surface area contributed by atoms with Crippen LogP contribution in [-0.4, -0.2) is 45.5 Å². The lowest BCUT2D eigenvalue weighted by Gasteiger charge is -2.14. The minimum atomic E-state index is -0.502. The molecule has 0 aromatic carbocycles. The molecular formula is C11H19N3O3. The van der Waals surface area contributed by atoms with Gasteiger partial charge in [-0.2, -0.15) is 5.10 Å². The number of ether oxygens (including phenoxy) is 2. The molecule has 0 amide bonds. The molecule has 0 saturated carbocycles. The van der Waals surface area contributed by atoms with E-state index in [1.54, 1.807) is 0 Å². The Bertz CT molecular complexity index is 336. The SMILES string of the molecule is CCCn1ncnc1CC(O)CC1OCCO1. The summed E-state index contributed by atoms with van der Waals surface area (Å²) in [5.41, 5.74) is 0. The zero-order valence-electron chi connectivity index (χ0n) is 10.1. The molecule has 1 aliphatic heterocycles. The van der Waals surface area contributed by atoms with Gasteiger partial charge in [0.1, 0.15) is 12.2 Å². The molecule has 1 atom stereocenters. The van der Waals surface area contributed by atoms with Gasteiger partial charge in [0.2, 0.25) is 0 Å². The molecule has 1 saturated heterocycles. The molecule has 2 heterocycles. The first-order valence-corrected chi connectivity index (χ1v) is 6.07. The van der Waals surface area contributed by atoms with E-state index in [4.69, 9.17) is 9.47 Å². The van der Waals surface area contributed by atoms with Crippen LogP contribution < -0.4 is 0 Å². The minimum Gasteiger partial charge on any atom is -0.392 e. The normalized spacial score (nSPS) is 18.7. The smallest absolute Gasteiger partial charge is 0.160 e. The Balaban J connectivity index is 1.83. The van der Waals surface area contributed by atoms with Gasteiger partial charge in [-0.25, -0.2) is 4.98 Å². The molecule has 17 heavy (non-hydrogen) atoms. The van der Waals surface area contributed by atoms with Crippen molar-refractivity contribution in [3.05, 3.63) is 12.2 Å².